The van der Waals surface area contributed by atoms with E-state index in [2.05, 4.69) is 9.97 Å². The first-order valence-corrected chi connectivity index (χ1v) is 6.12. The van der Waals surface area contributed by atoms with Gasteiger partial charge in [-0.3, -0.25) is 10.1 Å². The summed E-state index contributed by atoms with van der Waals surface area (Å²) in [6.45, 7) is 0.446. The summed E-state index contributed by atoms with van der Waals surface area (Å²) in [5.41, 5.74) is 6.29. The van der Waals surface area contributed by atoms with Gasteiger partial charge in [-0.25, -0.2) is 4.98 Å². The number of nitrogens with zero attached hydrogens (tertiary/aromatic N) is 4. The van der Waals surface area contributed by atoms with Crippen molar-refractivity contribution < 1.29 is 9.66 Å². The lowest BCUT2D eigenvalue weighted by Crippen LogP contribution is -2.20. The Hall–Kier alpha value is -2.90. The molecule has 1 heterocycles. The highest BCUT2D eigenvalue weighted by Crippen LogP contribution is 2.26. The first-order chi connectivity index (χ1) is 10.0. The smallest absolute Gasteiger partial charge is 0.329 e. The first-order valence-electron chi connectivity index (χ1n) is 6.12. The van der Waals surface area contributed by atoms with E-state index in [0.717, 1.165) is 17.5 Å². The molecule has 0 saturated carbocycles. The lowest BCUT2D eigenvalue weighted by Gasteiger charge is -2.18. The second-order valence-corrected chi connectivity index (χ2v) is 4.40. The highest BCUT2D eigenvalue weighted by Gasteiger charge is 2.20. The molecule has 21 heavy (non-hydrogen) atoms. The molecule has 2 rings (SSSR count). The molecule has 2 N–H and O–H groups in total. The summed E-state index contributed by atoms with van der Waals surface area (Å²) in [5, 5.41) is 11.0. The predicted octanol–water partition coefficient (Wildman–Crippen LogP) is 1.61. The normalized spacial score (nSPS) is 10.2. The standard InChI is InChI=1S/C13H15N5O3/c1-17(8-9-3-5-10(21-2)6-4-9)12-11(18(19)20)7-15-13(14)16-12/h3-7H,8H2,1-2H3,(H2,14,15,16). The molecule has 0 fully saturated rings. The van der Waals surface area contributed by atoms with Gasteiger partial charge >= 0.3 is 5.69 Å². The number of benzene rings is 1. The lowest BCUT2D eigenvalue weighted by atomic mass is 10.2. The third-order valence-corrected chi connectivity index (χ3v) is 2.91. The maximum Gasteiger partial charge on any atom is 0.329 e. The average Bonchev–Trinajstić information content (AvgIpc) is 2.47. The molecule has 0 amide bonds. The molecule has 2 aromatic rings. The van der Waals surface area contributed by atoms with Crippen LogP contribution in [0.15, 0.2) is 30.5 Å². The van der Waals surface area contributed by atoms with Gasteiger partial charge in [-0.1, -0.05) is 12.1 Å². The Kier molecular flexibility index (Phi) is 4.17. The molecule has 1 aromatic carbocycles. The zero-order chi connectivity index (χ0) is 15.4. The fourth-order valence-electron chi connectivity index (χ4n) is 1.87. The number of aromatic nitrogens is 2. The third kappa shape index (κ3) is 3.35. The van der Waals surface area contributed by atoms with Gasteiger partial charge in [0.25, 0.3) is 0 Å². The molecule has 0 spiro atoms. The molecule has 8 heteroatoms. The van der Waals surface area contributed by atoms with Crippen molar-refractivity contribution in [1.29, 1.82) is 0 Å². The van der Waals surface area contributed by atoms with Gasteiger partial charge in [0.2, 0.25) is 11.8 Å². The van der Waals surface area contributed by atoms with Crippen LogP contribution in [0.2, 0.25) is 0 Å². The van der Waals surface area contributed by atoms with Crippen LogP contribution >= 0.6 is 0 Å². The van der Waals surface area contributed by atoms with Crippen molar-refractivity contribution in [3.63, 3.8) is 0 Å². The van der Waals surface area contributed by atoms with E-state index in [9.17, 15) is 10.1 Å². The summed E-state index contributed by atoms with van der Waals surface area (Å²) >= 11 is 0. The Bertz CT molecular complexity index is 645. The number of nitrogens with two attached hydrogens (primary N) is 1. The van der Waals surface area contributed by atoms with Crippen LogP contribution in [0.5, 0.6) is 5.75 Å². The Labute approximate surface area is 121 Å². The van der Waals surface area contributed by atoms with Gasteiger partial charge in [-0.05, 0) is 17.7 Å². The SMILES string of the molecule is COc1ccc(CN(C)c2nc(N)ncc2[N+](=O)[O-])cc1. The predicted molar refractivity (Wildman–Crippen MR) is 78.2 cm³/mol. The van der Waals surface area contributed by atoms with Gasteiger partial charge in [-0.15, -0.1) is 0 Å². The van der Waals surface area contributed by atoms with Crippen molar-refractivity contribution >= 4 is 17.5 Å². The van der Waals surface area contributed by atoms with Crippen LogP contribution in [0.1, 0.15) is 5.56 Å². The van der Waals surface area contributed by atoms with E-state index < -0.39 is 4.92 Å². The van der Waals surface area contributed by atoms with Crippen LogP contribution in [-0.4, -0.2) is 29.0 Å². The Balaban J connectivity index is 2.24. The molecule has 0 bridgehead atoms. The zero-order valence-electron chi connectivity index (χ0n) is 11.7. The van der Waals surface area contributed by atoms with Crippen LogP contribution in [0, 0.1) is 10.1 Å². The van der Waals surface area contributed by atoms with Crippen LogP contribution in [0.25, 0.3) is 0 Å². The van der Waals surface area contributed by atoms with E-state index in [1.807, 2.05) is 24.3 Å². The molecule has 0 unspecified atom stereocenters. The fraction of sp³-hybridized carbons (Fsp3) is 0.231. The highest BCUT2D eigenvalue weighted by molar-refractivity contribution is 5.58. The summed E-state index contributed by atoms with van der Waals surface area (Å²) in [6.07, 6.45) is 1.11. The number of hydrogen-bond acceptors (Lipinski definition) is 7. The van der Waals surface area contributed by atoms with E-state index in [4.69, 9.17) is 10.5 Å². The second-order valence-electron chi connectivity index (χ2n) is 4.40. The minimum atomic E-state index is -0.528. The minimum Gasteiger partial charge on any atom is -0.497 e. The van der Waals surface area contributed by atoms with Gasteiger partial charge < -0.3 is 15.4 Å². The maximum absolute atomic E-state index is 11.0. The Morgan fingerprint density at radius 1 is 1.38 bits per heavy atom. The van der Waals surface area contributed by atoms with Crippen molar-refractivity contribution in [2.75, 3.05) is 24.8 Å². The van der Waals surface area contributed by atoms with E-state index in [-0.39, 0.29) is 17.5 Å². The van der Waals surface area contributed by atoms with Gasteiger partial charge in [0.05, 0.1) is 12.0 Å². The summed E-state index contributed by atoms with van der Waals surface area (Å²) in [7, 11) is 3.30. The van der Waals surface area contributed by atoms with Crippen molar-refractivity contribution in [2.45, 2.75) is 6.54 Å². The van der Waals surface area contributed by atoms with E-state index in [1.54, 1.807) is 19.1 Å². The van der Waals surface area contributed by atoms with E-state index >= 15 is 0 Å². The molecule has 0 aliphatic carbocycles. The van der Waals surface area contributed by atoms with E-state index in [1.165, 1.54) is 0 Å². The maximum atomic E-state index is 11.0. The Morgan fingerprint density at radius 3 is 2.62 bits per heavy atom. The molecular formula is C13H15N5O3. The van der Waals surface area contributed by atoms with Crippen molar-refractivity contribution in [3.8, 4) is 5.75 Å². The van der Waals surface area contributed by atoms with Gasteiger partial charge in [0.15, 0.2) is 0 Å². The molecule has 0 aliphatic heterocycles. The molecule has 8 nitrogen and oxygen atoms in total. The summed E-state index contributed by atoms with van der Waals surface area (Å²) in [4.78, 5) is 19.7. The number of ether oxygens (including phenoxy) is 1. The van der Waals surface area contributed by atoms with Gasteiger partial charge in [-0.2, -0.15) is 4.98 Å². The van der Waals surface area contributed by atoms with Crippen molar-refractivity contribution in [2.24, 2.45) is 0 Å². The molecule has 1 aromatic heterocycles. The first kappa shape index (κ1) is 14.5. The molecule has 0 saturated heterocycles. The molecular weight excluding hydrogens is 274 g/mol. The van der Waals surface area contributed by atoms with Gasteiger partial charge in [0.1, 0.15) is 11.9 Å². The summed E-state index contributed by atoms with van der Waals surface area (Å²) in [6, 6.07) is 7.41. The number of nitro groups is 1. The topological polar surface area (TPSA) is 107 Å². The van der Waals surface area contributed by atoms with Crippen molar-refractivity contribution in [1.82, 2.24) is 9.97 Å². The number of anilines is 2. The molecule has 0 atom stereocenters. The minimum absolute atomic E-state index is 0.00261. The number of hydrogen-bond donors (Lipinski definition) is 1. The zero-order valence-corrected chi connectivity index (χ0v) is 11.7. The number of methoxy groups -OCH3 is 1. The second kappa shape index (κ2) is 6.04. The summed E-state index contributed by atoms with van der Waals surface area (Å²) in [5.74, 6) is 0.930. The average molecular weight is 289 g/mol. The van der Waals surface area contributed by atoms with E-state index in [0.29, 0.717) is 6.54 Å². The molecule has 0 aliphatic rings. The number of rotatable bonds is 5. The van der Waals surface area contributed by atoms with Gasteiger partial charge in [0, 0.05) is 13.6 Å². The quantitative estimate of drug-likeness (QED) is 0.658. The van der Waals surface area contributed by atoms with Crippen molar-refractivity contribution in [3.05, 3.63) is 46.1 Å². The molecule has 110 valence electrons. The Morgan fingerprint density at radius 2 is 2.05 bits per heavy atom. The van der Waals surface area contributed by atoms with Crippen LogP contribution in [0.3, 0.4) is 0 Å². The van der Waals surface area contributed by atoms with Crippen LogP contribution in [-0.2, 0) is 6.54 Å². The largest absolute Gasteiger partial charge is 0.497 e. The number of nitrogen functional groups attached to an aromatic ring is 1. The van der Waals surface area contributed by atoms with Crippen LogP contribution < -0.4 is 15.4 Å². The monoisotopic (exact) mass is 289 g/mol. The highest BCUT2D eigenvalue weighted by atomic mass is 16.6. The molecule has 0 radical (unpaired) electrons. The summed E-state index contributed by atoms with van der Waals surface area (Å²) < 4.78 is 5.09. The lowest BCUT2D eigenvalue weighted by molar-refractivity contribution is -0.384. The van der Waals surface area contributed by atoms with Crippen LogP contribution in [0.4, 0.5) is 17.5 Å². The third-order valence-electron chi connectivity index (χ3n) is 2.91. The fourth-order valence-corrected chi connectivity index (χ4v) is 1.87.